The Hall–Kier alpha value is -11.0. The number of nitrogens with zero attached hydrogens (tertiary/aromatic N) is 6. The molecular formula is C61H54N6O11. The van der Waals surface area contributed by atoms with E-state index in [4.69, 9.17) is 83.0 Å². The molecule has 4 aromatic carbocycles. The lowest BCUT2D eigenvalue weighted by atomic mass is 10.1. The normalized spacial score (nSPS) is 12.3. The van der Waals surface area contributed by atoms with Gasteiger partial charge < -0.3 is 51.5 Å². The number of fused-ring (bicyclic) bond motifs is 2. The summed E-state index contributed by atoms with van der Waals surface area (Å²) in [6, 6.07) is 37.2. The minimum atomic E-state index is 0.205. The molecule has 3 aliphatic rings. The number of allylic oxidation sites excluding steroid dienone is 6. The van der Waals surface area contributed by atoms with Gasteiger partial charge in [0.1, 0.15) is 17.3 Å². The maximum Gasteiger partial charge on any atom is 0.231 e. The van der Waals surface area contributed by atoms with Gasteiger partial charge in [-0.3, -0.25) is 0 Å². The van der Waals surface area contributed by atoms with Crippen LogP contribution in [0.3, 0.4) is 0 Å². The Morgan fingerprint density at radius 3 is 1.56 bits per heavy atom. The van der Waals surface area contributed by atoms with Crippen LogP contribution in [0.2, 0.25) is 0 Å². The summed E-state index contributed by atoms with van der Waals surface area (Å²) < 4.78 is 57.2. The molecule has 17 heteroatoms. The molecule has 0 bridgehead atoms. The average Bonchev–Trinajstić information content (AvgIpc) is 4.37. The standard InChI is InChI=1S/C15H17NO2.C11H9NO3.C11H11NO2.C10H7NO2.2C7H5NO/c1-17-14-9-8-12(5-4-10-16)11-15(14)18-13-6-2-3-7-13;1-13-9-5-8(3-2-4-12)6-10-11(9)15-7-14-10;1-13-10-6-3-7-11(14-2)9(10)5-4-8-12;11-5-1-2-8-3-4-9-10(6-8)13-7-12-9;8-5-1-3-7-4-2-6-9-7;8-4-1-2-7-3-5-9-6-7/h4-5,8-9,11,13H,2-3,6-7H2,1H3;2-3,5-6H,7H2,1H3;3-7H,1-2H3;1-4,6H,7H2;1-4,6H;1-3,5-6H/b5-4+;3-2+;5-4+;2-1+;3-1+;2-1+. The van der Waals surface area contributed by atoms with Crippen molar-refractivity contribution in [1.82, 2.24) is 0 Å². The fraction of sp³-hybridized carbons (Fsp3) is 0.180. The zero-order valence-corrected chi connectivity index (χ0v) is 43.2. The Morgan fingerprint density at radius 1 is 0.449 bits per heavy atom. The lowest BCUT2D eigenvalue weighted by molar-refractivity contribution is 0.171. The van der Waals surface area contributed by atoms with Crippen molar-refractivity contribution in [3.8, 4) is 88.2 Å². The van der Waals surface area contributed by atoms with E-state index in [1.54, 1.807) is 114 Å². The van der Waals surface area contributed by atoms with Gasteiger partial charge in [0.25, 0.3) is 0 Å². The van der Waals surface area contributed by atoms with Crippen molar-refractivity contribution in [2.24, 2.45) is 0 Å². The molecule has 394 valence electrons. The van der Waals surface area contributed by atoms with E-state index in [2.05, 4.69) is 0 Å². The van der Waals surface area contributed by atoms with Crippen LogP contribution < -0.4 is 42.6 Å². The first-order valence-electron chi connectivity index (χ1n) is 23.6. The number of hydrogen-bond acceptors (Lipinski definition) is 17. The quantitative estimate of drug-likeness (QED) is 0.103. The molecule has 1 saturated carbocycles. The lowest BCUT2D eigenvalue weighted by Gasteiger charge is -2.16. The number of rotatable bonds is 12. The minimum Gasteiger partial charge on any atom is -0.496 e. The smallest absolute Gasteiger partial charge is 0.231 e. The maximum absolute atomic E-state index is 8.53. The molecule has 4 heterocycles. The summed E-state index contributed by atoms with van der Waals surface area (Å²) in [7, 11) is 6.37. The predicted octanol–water partition coefficient (Wildman–Crippen LogP) is 13.3. The van der Waals surface area contributed by atoms with E-state index < -0.39 is 0 Å². The molecule has 0 atom stereocenters. The van der Waals surface area contributed by atoms with Crippen LogP contribution in [0.4, 0.5) is 0 Å². The third-order valence-corrected chi connectivity index (χ3v) is 10.5. The third-order valence-electron chi connectivity index (χ3n) is 10.5. The second kappa shape index (κ2) is 35.2. The first-order valence-corrected chi connectivity index (χ1v) is 23.6. The molecule has 0 radical (unpaired) electrons. The molecule has 78 heavy (non-hydrogen) atoms. The Labute approximate surface area is 453 Å². The Morgan fingerprint density at radius 2 is 0.974 bits per heavy atom. The van der Waals surface area contributed by atoms with E-state index in [0.717, 1.165) is 63.7 Å². The molecule has 1 fully saturated rings. The summed E-state index contributed by atoms with van der Waals surface area (Å²) in [5, 5.41) is 49.9. The van der Waals surface area contributed by atoms with E-state index in [1.807, 2.05) is 91.0 Å². The van der Waals surface area contributed by atoms with Gasteiger partial charge >= 0.3 is 0 Å². The second-order valence-corrected chi connectivity index (χ2v) is 15.4. The lowest BCUT2D eigenvalue weighted by Crippen LogP contribution is -2.11. The van der Waals surface area contributed by atoms with Crippen LogP contribution in [0.1, 0.15) is 59.3 Å². The van der Waals surface area contributed by atoms with Crippen LogP contribution in [0.5, 0.6) is 51.7 Å². The fourth-order valence-electron chi connectivity index (χ4n) is 6.91. The molecule has 0 saturated heterocycles. The Kier molecular flexibility index (Phi) is 26.9. The van der Waals surface area contributed by atoms with E-state index in [9.17, 15) is 0 Å². The highest BCUT2D eigenvalue weighted by molar-refractivity contribution is 5.66. The van der Waals surface area contributed by atoms with Crippen molar-refractivity contribution in [2.45, 2.75) is 31.8 Å². The molecule has 17 nitrogen and oxygen atoms in total. The van der Waals surface area contributed by atoms with Crippen LogP contribution in [0.25, 0.3) is 36.5 Å². The van der Waals surface area contributed by atoms with Gasteiger partial charge in [-0.1, -0.05) is 18.2 Å². The van der Waals surface area contributed by atoms with E-state index >= 15 is 0 Å². The van der Waals surface area contributed by atoms with Gasteiger partial charge in [-0.15, -0.1) is 0 Å². The molecular weight excluding hydrogens is 993 g/mol. The number of hydrogen-bond donors (Lipinski definition) is 0. The summed E-state index contributed by atoms with van der Waals surface area (Å²) in [4.78, 5) is 0. The molecule has 0 spiro atoms. The summed E-state index contributed by atoms with van der Waals surface area (Å²) in [6.07, 6.45) is 28.3. The molecule has 2 aromatic heterocycles. The Bertz CT molecular complexity index is 3180. The van der Waals surface area contributed by atoms with Gasteiger partial charge in [-0.25, -0.2) is 0 Å². The summed E-state index contributed by atoms with van der Waals surface area (Å²) in [5.41, 5.74) is 4.42. The summed E-state index contributed by atoms with van der Waals surface area (Å²) in [5.74, 6) is 6.97. The van der Waals surface area contributed by atoms with Gasteiger partial charge in [-0.05, 0) is 146 Å². The second-order valence-electron chi connectivity index (χ2n) is 15.4. The number of benzene rings is 4. The highest BCUT2D eigenvalue weighted by atomic mass is 16.7. The molecule has 9 rings (SSSR count). The molecule has 1 aliphatic carbocycles. The topological polar surface area (TPSA) is 252 Å². The number of methoxy groups -OCH3 is 4. The zero-order valence-electron chi connectivity index (χ0n) is 43.2. The van der Waals surface area contributed by atoms with E-state index in [-0.39, 0.29) is 13.6 Å². The number of furan rings is 2. The fourth-order valence-corrected chi connectivity index (χ4v) is 6.91. The first-order chi connectivity index (χ1) is 38.3. The molecule has 0 N–H and O–H groups in total. The third kappa shape index (κ3) is 20.5. The highest BCUT2D eigenvalue weighted by Gasteiger charge is 2.20. The van der Waals surface area contributed by atoms with E-state index in [1.165, 1.54) is 49.3 Å². The highest BCUT2D eigenvalue weighted by Crippen LogP contribution is 2.42. The average molecular weight is 1050 g/mol. The van der Waals surface area contributed by atoms with Crippen molar-refractivity contribution in [1.29, 1.82) is 31.6 Å². The van der Waals surface area contributed by atoms with Crippen molar-refractivity contribution in [3.63, 3.8) is 0 Å². The molecule has 6 aromatic rings. The van der Waals surface area contributed by atoms with Crippen LogP contribution in [-0.4, -0.2) is 48.1 Å². The number of nitriles is 6. The van der Waals surface area contributed by atoms with Gasteiger partial charge in [0.15, 0.2) is 34.5 Å². The van der Waals surface area contributed by atoms with Crippen LogP contribution in [0, 0.1) is 68.0 Å². The summed E-state index contributed by atoms with van der Waals surface area (Å²) >= 11 is 0. The molecule has 0 amide bonds. The van der Waals surface area contributed by atoms with Crippen LogP contribution in [-0.2, 0) is 0 Å². The monoisotopic (exact) mass is 1050 g/mol. The zero-order chi connectivity index (χ0) is 56.0. The van der Waals surface area contributed by atoms with Crippen LogP contribution >= 0.6 is 0 Å². The SMILES string of the molecule is COc1cc(/C=C/C#N)cc2c1OCO2.COc1ccc(/C=C/C#N)cc1OC1CCCC1.COc1cccc(OC)c1/C=C/C#N.N#C/C=C/c1ccc2c(c1)OCO2.N#C/C=C/c1ccco1.N#C/C=C/c1ccoc1. The first kappa shape index (κ1) is 59.6. The Balaban J connectivity index is 0.000000205. The van der Waals surface area contributed by atoms with Gasteiger partial charge in [0, 0.05) is 42.0 Å². The van der Waals surface area contributed by atoms with Gasteiger partial charge in [0.05, 0.1) is 95.3 Å². The van der Waals surface area contributed by atoms with Crippen molar-refractivity contribution in [3.05, 3.63) is 174 Å². The predicted molar refractivity (Wildman–Crippen MR) is 292 cm³/mol. The maximum atomic E-state index is 8.53. The molecule has 2 aliphatic heterocycles. The van der Waals surface area contributed by atoms with E-state index in [0.29, 0.717) is 40.6 Å². The largest absolute Gasteiger partial charge is 0.496 e. The van der Waals surface area contributed by atoms with Gasteiger partial charge in [-0.2, -0.15) is 31.6 Å². The van der Waals surface area contributed by atoms with Crippen molar-refractivity contribution in [2.75, 3.05) is 42.0 Å². The van der Waals surface area contributed by atoms with Crippen LogP contribution in [0.15, 0.2) is 149 Å². The summed E-state index contributed by atoms with van der Waals surface area (Å²) in [6.45, 7) is 0.484. The van der Waals surface area contributed by atoms with Crippen molar-refractivity contribution >= 4 is 36.5 Å². The molecule has 0 unspecified atom stereocenters. The number of ether oxygens (including phenoxy) is 9. The van der Waals surface area contributed by atoms with Crippen molar-refractivity contribution < 1.29 is 51.5 Å². The minimum absolute atomic E-state index is 0.205. The van der Waals surface area contributed by atoms with Gasteiger partial charge in [0.2, 0.25) is 19.3 Å².